The van der Waals surface area contributed by atoms with Crippen LogP contribution in [0, 0.1) is 17.8 Å². The number of nitrogens with two attached hydrogens (primary N) is 1. The fourth-order valence-electron chi connectivity index (χ4n) is 5.06. The monoisotopic (exact) mass is 269 g/mol. The Kier molecular flexibility index (Phi) is 3.34. The van der Waals surface area contributed by atoms with Crippen LogP contribution in [0.1, 0.15) is 74.5 Å². The fraction of sp³-hybridized carbons (Fsp3) is 0.684. The van der Waals surface area contributed by atoms with Crippen molar-refractivity contribution in [2.75, 3.05) is 0 Å². The quantitative estimate of drug-likeness (QED) is 0.839. The Hall–Kier alpha value is -0.820. The lowest BCUT2D eigenvalue weighted by Gasteiger charge is -2.22. The van der Waals surface area contributed by atoms with Crippen molar-refractivity contribution < 1.29 is 0 Å². The molecule has 0 aliphatic heterocycles. The molecule has 3 aliphatic rings. The number of hydrogen-bond acceptors (Lipinski definition) is 1. The molecule has 108 valence electrons. The molecule has 0 saturated heterocycles. The van der Waals surface area contributed by atoms with Gasteiger partial charge in [0.2, 0.25) is 0 Å². The van der Waals surface area contributed by atoms with Gasteiger partial charge in [-0.05, 0) is 60.5 Å². The summed E-state index contributed by atoms with van der Waals surface area (Å²) in [6.45, 7) is 0. The fourth-order valence-corrected chi connectivity index (χ4v) is 5.06. The highest BCUT2D eigenvalue weighted by molar-refractivity contribution is 5.29. The molecule has 0 bridgehead atoms. The van der Waals surface area contributed by atoms with E-state index in [0.29, 0.717) is 6.04 Å². The van der Waals surface area contributed by atoms with E-state index in [-0.39, 0.29) is 0 Å². The van der Waals surface area contributed by atoms with E-state index >= 15 is 0 Å². The number of rotatable bonds is 3. The third-order valence-corrected chi connectivity index (χ3v) is 6.29. The first-order valence-corrected chi connectivity index (χ1v) is 8.70. The molecule has 3 unspecified atom stereocenters. The summed E-state index contributed by atoms with van der Waals surface area (Å²) >= 11 is 0. The summed E-state index contributed by atoms with van der Waals surface area (Å²) in [6.07, 6.45) is 11.3. The maximum atomic E-state index is 6.52. The molecular weight excluding hydrogens is 242 g/mol. The summed E-state index contributed by atoms with van der Waals surface area (Å²) in [5.74, 6) is 3.53. The Morgan fingerprint density at radius 1 is 0.800 bits per heavy atom. The van der Waals surface area contributed by atoms with Crippen LogP contribution in [-0.4, -0.2) is 0 Å². The van der Waals surface area contributed by atoms with Crippen LogP contribution in [0.3, 0.4) is 0 Å². The van der Waals surface area contributed by atoms with Gasteiger partial charge in [0, 0.05) is 6.04 Å². The first kappa shape index (κ1) is 12.9. The minimum Gasteiger partial charge on any atom is -0.324 e. The van der Waals surface area contributed by atoms with E-state index in [1.54, 1.807) is 5.56 Å². The van der Waals surface area contributed by atoms with Crippen molar-refractivity contribution in [3.8, 4) is 0 Å². The molecule has 3 saturated carbocycles. The van der Waals surface area contributed by atoms with Gasteiger partial charge in [-0.3, -0.25) is 0 Å². The van der Waals surface area contributed by atoms with Gasteiger partial charge >= 0.3 is 0 Å². The molecule has 0 amide bonds. The van der Waals surface area contributed by atoms with Gasteiger partial charge in [-0.25, -0.2) is 0 Å². The topological polar surface area (TPSA) is 26.0 Å². The maximum Gasteiger partial charge on any atom is 0.0329 e. The van der Waals surface area contributed by atoms with Gasteiger partial charge in [-0.15, -0.1) is 0 Å². The first-order chi connectivity index (χ1) is 9.84. The molecule has 20 heavy (non-hydrogen) atoms. The van der Waals surface area contributed by atoms with Crippen molar-refractivity contribution in [1.29, 1.82) is 0 Å². The highest BCUT2D eigenvalue weighted by atomic mass is 14.7. The molecule has 0 radical (unpaired) electrons. The average Bonchev–Trinajstić information content (AvgIpc) is 2.99. The summed E-state index contributed by atoms with van der Waals surface area (Å²) in [4.78, 5) is 0. The standard InChI is InChI=1S/C19H27N/c20-19(18-16-7-4-8-17(16)18)15-11-9-14(10-12-15)13-5-2-1-3-6-13/h9-13,16-19H,1-8,20H2. The molecule has 1 aromatic rings. The van der Waals surface area contributed by atoms with Crippen LogP contribution in [0.4, 0.5) is 0 Å². The van der Waals surface area contributed by atoms with Crippen molar-refractivity contribution in [3.63, 3.8) is 0 Å². The van der Waals surface area contributed by atoms with Gasteiger partial charge in [0.05, 0.1) is 0 Å². The van der Waals surface area contributed by atoms with Gasteiger partial charge in [0.15, 0.2) is 0 Å². The zero-order chi connectivity index (χ0) is 13.5. The van der Waals surface area contributed by atoms with Crippen LogP contribution in [-0.2, 0) is 0 Å². The number of hydrogen-bond donors (Lipinski definition) is 1. The Bertz CT molecular complexity index is 447. The van der Waals surface area contributed by atoms with E-state index in [1.165, 1.54) is 56.9 Å². The lowest BCUT2D eigenvalue weighted by molar-refractivity contribution is 0.443. The normalized spacial score (nSPS) is 34.8. The minimum atomic E-state index is 0.297. The molecule has 3 aliphatic carbocycles. The van der Waals surface area contributed by atoms with E-state index in [9.17, 15) is 0 Å². The lowest BCUT2D eigenvalue weighted by atomic mass is 9.83. The summed E-state index contributed by atoms with van der Waals surface area (Å²) in [6, 6.07) is 9.67. The van der Waals surface area contributed by atoms with Gasteiger partial charge in [-0.1, -0.05) is 49.9 Å². The molecule has 3 atom stereocenters. The van der Waals surface area contributed by atoms with Crippen LogP contribution in [0.2, 0.25) is 0 Å². The largest absolute Gasteiger partial charge is 0.324 e. The molecule has 1 aromatic carbocycles. The number of fused-ring (bicyclic) bond motifs is 1. The van der Waals surface area contributed by atoms with Crippen LogP contribution in [0.25, 0.3) is 0 Å². The van der Waals surface area contributed by atoms with Crippen molar-refractivity contribution >= 4 is 0 Å². The van der Waals surface area contributed by atoms with Crippen LogP contribution in [0.15, 0.2) is 24.3 Å². The average molecular weight is 269 g/mol. The van der Waals surface area contributed by atoms with Crippen LogP contribution >= 0.6 is 0 Å². The SMILES string of the molecule is NC(c1ccc(C2CCCCC2)cc1)C1C2CCCC21. The third-order valence-electron chi connectivity index (χ3n) is 6.29. The lowest BCUT2D eigenvalue weighted by Crippen LogP contribution is -2.15. The zero-order valence-corrected chi connectivity index (χ0v) is 12.4. The first-order valence-electron chi connectivity index (χ1n) is 8.70. The predicted octanol–water partition coefficient (Wildman–Crippen LogP) is 4.78. The van der Waals surface area contributed by atoms with Gasteiger partial charge in [-0.2, -0.15) is 0 Å². The zero-order valence-electron chi connectivity index (χ0n) is 12.4. The van der Waals surface area contributed by atoms with Gasteiger partial charge in [0.25, 0.3) is 0 Å². The Morgan fingerprint density at radius 2 is 1.45 bits per heavy atom. The van der Waals surface area contributed by atoms with Crippen molar-refractivity contribution in [2.45, 2.75) is 63.3 Å². The van der Waals surface area contributed by atoms with Crippen LogP contribution in [0.5, 0.6) is 0 Å². The van der Waals surface area contributed by atoms with Crippen molar-refractivity contribution in [2.24, 2.45) is 23.5 Å². The van der Waals surface area contributed by atoms with Crippen molar-refractivity contribution in [3.05, 3.63) is 35.4 Å². The number of benzene rings is 1. The Balaban J connectivity index is 1.44. The summed E-state index contributed by atoms with van der Waals surface area (Å²) in [7, 11) is 0. The minimum absolute atomic E-state index is 0.297. The molecular formula is C19H27N. The molecule has 0 heterocycles. The van der Waals surface area contributed by atoms with Crippen LogP contribution < -0.4 is 5.73 Å². The van der Waals surface area contributed by atoms with E-state index in [1.807, 2.05) is 0 Å². The summed E-state index contributed by atoms with van der Waals surface area (Å²) in [5, 5.41) is 0. The highest BCUT2D eigenvalue weighted by Crippen LogP contribution is 2.61. The van der Waals surface area contributed by atoms with Gasteiger partial charge < -0.3 is 5.73 Å². The van der Waals surface area contributed by atoms with Crippen molar-refractivity contribution in [1.82, 2.24) is 0 Å². The van der Waals surface area contributed by atoms with E-state index in [0.717, 1.165) is 23.7 Å². The van der Waals surface area contributed by atoms with E-state index in [4.69, 9.17) is 5.73 Å². The van der Waals surface area contributed by atoms with E-state index in [2.05, 4.69) is 24.3 Å². The molecule has 4 rings (SSSR count). The summed E-state index contributed by atoms with van der Waals surface area (Å²) in [5.41, 5.74) is 9.45. The summed E-state index contributed by atoms with van der Waals surface area (Å²) < 4.78 is 0. The van der Waals surface area contributed by atoms with E-state index < -0.39 is 0 Å². The second-order valence-corrected chi connectivity index (χ2v) is 7.36. The smallest absolute Gasteiger partial charge is 0.0329 e. The molecule has 2 N–H and O–H groups in total. The second-order valence-electron chi connectivity index (χ2n) is 7.36. The Morgan fingerprint density at radius 3 is 2.10 bits per heavy atom. The molecule has 0 aromatic heterocycles. The molecule has 0 spiro atoms. The molecule has 3 fully saturated rings. The Labute approximate surface area is 122 Å². The second kappa shape index (κ2) is 5.18. The predicted molar refractivity (Wildman–Crippen MR) is 83.5 cm³/mol. The third kappa shape index (κ3) is 2.20. The maximum absolute atomic E-state index is 6.52. The van der Waals surface area contributed by atoms with Gasteiger partial charge in [0.1, 0.15) is 0 Å². The molecule has 1 nitrogen and oxygen atoms in total. The highest BCUT2D eigenvalue weighted by Gasteiger charge is 2.55. The molecule has 1 heteroatoms.